The van der Waals surface area contributed by atoms with Crippen LogP contribution in [0.1, 0.15) is 37.1 Å². The Morgan fingerprint density at radius 2 is 2.19 bits per heavy atom. The third-order valence-electron chi connectivity index (χ3n) is 3.61. The maximum atomic E-state index is 12.7. The third-order valence-corrected chi connectivity index (χ3v) is 6.60. The van der Waals surface area contributed by atoms with Gasteiger partial charge in [-0.3, -0.25) is 0 Å². The number of sulfonamides is 1. The molecule has 0 radical (unpaired) electrons. The normalized spacial score (nSPS) is 22.4. The van der Waals surface area contributed by atoms with Gasteiger partial charge in [-0.2, -0.15) is 0 Å². The fourth-order valence-corrected chi connectivity index (χ4v) is 5.83. The Hall–Kier alpha value is -0.470. The third kappa shape index (κ3) is 4.04. The molecule has 1 aliphatic heterocycles. The zero-order valence-electron chi connectivity index (χ0n) is 13.0. The topological polar surface area (TPSA) is 67.4 Å². The largest absolute Gasteiger partial charge is 0.375 e. The van der Waals surface area contributed by atoms with Gasteiger partial charge in [-0.1, -0.05) is 0 Å². The van der Waals surface area contributed by atoms with Crippen molar-refractivity contribution in [1.82, 2.24) is 10.0 Å². The standard InChI is InChI=1S/C14H24N2O3S2/c1-10-9-20-12(8-15-4)13(10)21(17,18)16-11-5-6-19-14(2,3)7-11/h9,11,15-16H,5-8H2,1-4H3. The summed E-state index contributed by atoms with van der Waals surface area (Å²) in [5, 5.41) is 4.92. The highest BCUT2D eigenvalue weighted by atomic mass is 32.2. The van der Waals surface area contributed by atoms with Crippen LogP contribution in [0.25, 0.3) is 0 Å². The SMILES string of the molecule is CNCc1scc(C)c1S(=O)(=O)NC1CCOC(C)(C)C1. The Bertz CT molecular complexity index is 593. The van der Waals surface area contributed by atoms with Crippen molar-refractivity contribution in [2.75, 3.05) is 13.7 Å². The van der Waals surface area contributed by atoms with E-state index in [1.165, 1.54) is 11.3 Å². The number of hydrogen-bond donors (Lipinski definition) is 2. The minimum absolute atomic E-state index is 0.0690. The minimum atomic E-state index is -3.49. The summed E-state index contributed by atoms with van der Waals surface area (Å²) in [4.78, 5) is 1.29. The van der Waals surface area contributed by atoms with Gasteiger partial charge >= 0.3 is 0 Å². The summed E-state index contributed by atoms with van der Waals surface area (Å²) in [7, 11) is -1.67. The zero-order valence-corrected chi connectivity index (χ0v) is 14.7. The van der Waals surface area contributed by atoms with Crippen LogP contribution in [0.5, 0.6) is 0 Å². The minimum Gasteiger partial charge on any atom is -0.375 e. The maximum absolute atomic E-state index is 12.7. The highest BCUT2D eigenvalue weighted by molar-refractivity contribution is 7.89. The number of aryl methyl sites for hydroxylation is 1. The van der Waals surface area contributed by atoms with Gasteiger partial charge in [0.05, 0.1) is 5.60 Å². The van der Waals surface area contributed by atoms with Gasteiger partial charge < -0.3 is 10.1 Å². The number of hydrogen-bond acceptors (Lipinski definition) is 5. The van der Waals surface area contributed by atoms with E-state index in [4.69, 9.17) is 4.74 Å². The molecule has 1 aromatic rings. The molecular weight excluding hydrogens is 308 g/mol. The first kappa shape index (κ1) is 16.9. The summed E-state index contributed by atoms with van der Waals surface area (Å²) in [5.74, 6) is 0. The monoisotopic (exact) mass is 332 g/mol. The fourth-order valence-electron chi connectivity index (χ4n) is 2.74. The van der Waals surface area contributed by atoms with E-state index in [9.17, 15) is 8.42 Å². The lowest BCUT2D eigenvalue weighted by Crippen LogP contribution is -2.45. The molecule has 0 bridgehead atoms. The molecule has 120 valence electrons. The van der Waals surface area contributed by atoms with Crippen molar-refractivity contribution in [2.45, 2.75) is 56.7 Å². The summed E-state index contributed by atoms with van der Waals surface area (Å²) in [5.41, 5.74) is 0.534. The Morgan fingerprint density at radius 1 is 1.48 bits per heavy atom. The molecule has 1 fully saturated rings. The summed E-state index contributed by atoms with van der Waals surface area (Å²) in [6.45, 7) is 6.99. The molecule has 2 N–H and O–H groups in total. The van der Waals surface area contributed by atoms with E-state index < -0.39 is 10.0 Å². The molecule has 1 saturated heterocycles. The van der Waals surface area contributed by atoms with E-state index in [-0.39, 0.29) is 11.6 Å². The summed E-state index contributed by atoms with van der Waals surface area (Å²) >= 11 is 1.48. The second-order valence-corrected chi connectivity index (χ2v) is 8.74. The predicted molar refractivity (Wildman–Crippen MR) is 85.2 cm³/mol. The van der Waals surface area contributed by atoms with Gasteiger partial charge in [0.1, 0.15) is 4.90 Å². The fraction of sp³-hybridized carbons (Fsp3) is 0.714. The lowest BCUT2D eigenvalue weighted by molar-refractivity contribution is -0.0599. The second-order valence-electron chi connectivity index (χ2n) is 6.12. The van der Waals surface area contributed by atoms with Crippen LogP contribution in [0.4, 0.5) is 0 Å². The van der Waals surface area contributed by atoms with E-state index in [0.717, 1.165) is 10.4 Å². The van der Waals surface area contributed by atoms with Crippen LogP contribution in [-0.2, 0) is 21.3 Å². The Morgan fingerprint density at radius 3 is 2.81 bits per heavy atom. The van der Waals surface area contributed by atoms with Crippen LogP contribution in [0, 0.1) is 6.92 Å². The number of thiophene rings is 1. The van der Waals surface area contributed by atoms with Crippen LogP contribution in [0.3, 0.4) is 0 Å². The quantitative estimate of drug-likeness (QED) is 0.865. The molecule has 0 spiro atoms. The van der Waals surface area contributed by atoms with E-state index in [0.29, 0.717) is 30.9 Å². The summed E-state index contributed by atoms with van der Waals surface area (Å²) < 4.78 is 33.9. The van der Waals surface area contributed by atoms with Crippen LogP contribution < -0.4 is 10.0 Å². The van der Waals surface area contributed by atoms with Crippen LogP contribution in [-0.4, -0.2) is 33.7 Å². The van der Waals surface area contributed by atoms with Crippen LogP contribution in [0.2, 0.25) is 0 Å². The Kier molecular flexibility index (Phi) is 5.10. The van der Waals surface area contributed by atoms with Crippen molar-refractivity contribution in [3.05, 3.63) is 15.8 Å². The van der Waals surface area contributed by atoms with Crippen molar-refractivity contribution in [1.29, 1.82) is 0 Å². The highest BCUT2D eigenvalue weighted by Gasteiger charge is 2.33. The smallest absolute Gasteiger partial charge is 0.242 e. The first-order valence-corrected chi connectivity index (χ1v) is 9.49. The molecule has 0 amide bonds. The first-order chi connectivity index (χ1) is 9.75. The van der Waals surface area contributed by atoms with Crippen molar-refractivity contribution in [3.63, 3.8) is 0 Å². The first-order valence-electron chi connectivity index (χ1n) is 7.13. The lowest BCUT2D eigenvalue weighted by Gasteiger charge is -2.35. The highest BCUT2D eigenvalue weighted by Crippen LogP contribution is 2.29. The maximum Gasteiger partial charge on any atom is 0.242 e. The predicted octanol–water partition coefficient (Wildman–Crippen LogP) is 2.01. The molecule has 1 aliphatic rings. The molecule has 1 atom stereocenters. The van der Waals surface area contributed by atoms with Crippen molar-refractivity contribution >= 4 is 21.4 Å². The van der Waals surface area contributed by atoms with Crippen LogP contribution >= 0.6 is 11.3 Å². The van der Waals surface area contributed by atoms with E-state index in [2.05, 4.69) is 10.0 Å². The van der Waals surface area contributed by atoms with E-state index >= 15 is 0 Å². The van der Waals surface area contributed by atoms with Gasteiger partial charge in [-0.25, -0.2) is 13.1 Å². The van der Waals surface area contributed by atoms with Gasteiger partial charge in [0, 0.05) is 24.1 Å². The molecule has 7 heteroatoms. The van der Waals surface area contributed by atoms with Crippen molar-refractivity contribution in [3.8, 4) is 0 Å². The zero-order chi connectivity index (χ0) is 15.7. The molecule has 5 nitrogen and oxygen atoms in total. The second kappa shape index (κ2) is 6.34. The molecular formula is C14H24N2O3S2. The van der Waals surface area contributed by atoms with Gasteiger partial charge in [-0.05, 0) is 51.6 Å². The Labute approximate surface area is 131 Å². The molecule has 21 heavy (non-hydrogen) atoms. The molecule has 0 saturated carbocycles. The molecule has 2 heterocycles. The number of rotatable bonds is 5. The molecule has 0 aromatic carbocycles. The number of ether oxygens (including phenoxy) is 1. The van der Waals surface area contributed by atoms with Crippen molar-refractivity contribution in [2.24, 2.45) is 0 Å². The van der Waals surface area contributed by atoms with Gasteiger partial charge in [0.2, 0.25) is 10.0 Å². The lowest BCUT2D eigenvalue weighted by atomic mass is 9.95. The molecule has 0 aliphatic carbocycles. The van der Waals surface area contributed by atoms with Gasteiger partial charge in [-0.15, -0.1) is 11.3 Å². The van der Waals surface area contributed by atoms with Gasteiger partial charge in [0.25, 0.3) is 0 Å². The molecule has 1 aromatic heterocycles. The summed E-state index contributed by atoms with van der Waals surface area (Å²) in [6.07, 6.45) is 1.41. The summed E-state index contributed by atoms with van der Waals surface area (Å²) in [6, 6.07) is -0.0690. The Balaban J connectivity index is 2.21. The van der Waals surface area contributed by atoms with Crippen molar-refractivity contribution < 1.29 is 13.2 Å². The van der Waals surface area contributed by atoms with Gasteiger partial charge in [0.15, 0.2) is 0 Å². The number of nitrogens with one attached hydrogen (secondary N) is 2. The average Bonchev–Trinajstić information content (AvgIpc) is 2.69. The molecule has 2 rings (SSSR count). The average molecular weight is 332 g/mol. The van der Waals surface area contributed by atoms with Crippen LogP contribution in [0.15, 0.2) is 10.3 Å². The molecule has 1 unspecified atom stereocenters. The van der Waals surface area contributed by atoms with E-state index in [1.807, 2.05) is 33.2 Å². The van der Waals surface area contributed by atoms with E-state index in [1.54, 1.807) is 0 Å².